The van der Waals surface area contributed by atoms with Crippen LogP contribution in [0.2, 0.25) is 0 Å². The number of ether oxygens (including phenoxy) is 1. The van der Waals surface area contributed by atoms with Crippen LogP contribution in [0.5, 0.6) is 5.75 Å². The second-order valence-electron chi connectivity index (χ2n) is 6.67. The van der Waals surface area contributed by atoms with Crippen molar-refractivity contribution in [2.45, 2.75) is 31.2 Å². The molecule has 0 radical (unpaired) electrons. The minimum absolute atomic E-state index is 0.248. The molecule has 1 fully saturated rings. The summed E-state index contributed by atoms with van der Waals surface area (Å²) in [5, 5.41) is 12.5. The molecule has 0 atom stereocenters. The van der Waals surface area contributed by atoms with Crippen molar-refractivity contribution in [1.82, 2.24) is 5.32 Å². The van der Waals surface area contributed by atoms with Crippen molar-refractivity contribution in [3.05, 3.63) is 65.7 Å². The van der Waals surface area contributed by atoms with E-state index in [9.17, 15) is 4.79 Å². The molecule has 24 heavy (non-hydrogen) atoms. The summed E-state index contributed by atoms with van der Waals surface area (Å²) in [7, 11) is 0. The number of carbonyl (C=O) groups is 1. The molecule has 0 aliphatic heterocycles. The summed E-state index contributed by atoms with van der Waals surface area (Å²) in [6.45, 7) is 3.60. The average molecular weight is 325 g/mol. The van der Waals surface area contributed by atoms with Gasteiger partial charge in [0.2, 0.25) is 0 Å². The minimum Gasteiger partial charge on any atom is -0.492 e. The lowest BCUT2D eigenvalue weighted by Crippen LogP contribution is -2.50. The van der Waals surface area contributed by atoms with Gasteiger partial charge >= 0.3 is 5.97 Å². The van der Waals surface area contributed by atoms with E-state index in [1.165, 1.54) is 5.56 Å². The van der Waals surface area contributed by atoms with Gasteiger partial charge in [-0.25, -0.2) is 4.79 Å². The van der Waals surface area contributed by atoms with Gasteiger partial charge in [-0.05, 0) is 42.0 Å². The highest BCUT2D eigenvalue weighted by Gasteiger charge is 2.40. The molecule has 0 spiro atoms. The summed E-state index contributed by atoms with van der Waals surface area (Å²) in [5.74, 6) is -0.340. The highest BCUT2D eigenvalue weighted by atomic mass is 16.5. The summed E-state index contributed by atoms with van der Waals surface area (Å²) in [4.78, 5) is 10.9. The lowest BCUT2D eigenvalue weighted by atomic mass is 9.63. The zero-order valence-corrected chi connectivity index (χ0v) is 13.9. The first kappa shape index (κ1) is 16.5. The Morgan fingerprint density at radius 3 is 2.67 bits per heavy atom. The Balaban J connectivity index is 1.40. The monoisotopic (exact) mass is 325 g/mol. The molecule has 0 aromatic heterocycles. The van der Waals surface area contributed by atoms with Crippen LogP contribution < -0.4 is 10.1 Å². The molecule has 0 heterocycles. The number of aromatic carboxylic acids is 1. The van der Waals surface area contributed by atoms with E-state index < -0.39 is 5.97 Å². The second-order valence-corrected chi connectivity index (χ2v) is 6.67. The van der Waals surface area contributed by atoms with Crippen molar-refractivity contribution in [1.29, 1.82) is 0 Å². The Kier molecular flexibility index (Phi) is 4.86. The van der Waals surface area contributed by atoms with Crippen LogP contribution in [0.1, 0.15) is 35.7 Å². The van der Waals surface area contributed by atoms with E-state index in [1.54, 1.807) is 24.3 Å². The SMILES string of the molecule is CC1(c2ccccc2)CC(NCCOc2cccc(C(=O)O)c2)C1. The molecule has 1 saturated carbocycles. The van der Waals surface area contributed by atoms with Crippen molar-refractivity contribution in [2.24, 2.45) is 0 Å². The maximum absolute atomic E-state index is 10.9. The summed E-state index contributed by atoms with van der Waals surface area (Å²) in [6.07, 6.45) is 2.26. The van der Waals surface area contributed by atoms with Crippen LogP contribution in [0.4, 0.5) is 0 Å². The van der Waals surface area contributed by atoms with Gasteiger partial charge in [0, 0.05) is 12.6 Å². The lowest BCUT2D eigenvalue weighted by molar-refractivity contribution is 0.0696. The summed E-state index contributed by atoms with van der Waals surface area (Å²) in [5.41, 5.74) is 1.93. The van der Waals surface area contributed by atoms with Gasteiger partial charge in [0.05, 0.1) is 5.56 Å². The third kappa shape index (κ3) is 3.77. The predicted octanol–water partition coefficient (Wildman–Crippen LogP) is 3.47. The normalized spacial score (nSPS) is 22.6. The van der Waals surface area contributed by atoms with Crippen molar-refractivity contribution in [3.8, 4) is 5.75 Å². The Morgan fingerprint density at radius 1 is 1.21 bits per heavy atom. The van der Waals surface area contributed by atoms with Crippen LogP contribution in [0.15, 0.2) is 54.6 Å². The van der Waals surface area contributed by atoms with E-state index in [-0.39, 0.29) is 11.0 Å². The molecule has 4 heteroatoms. The van der Waals surface area contributed by atoms with Gasteiger partial charge in [0.15, 0.2) is 0 Å². The van der Waals surface area contributed by atoms with Crippen LogP contribution >= 0.6 is 0 Å². The molecule has 0 unspecified atom stereocenters. The number of nitrogens with one attached hydrogen (secondary N) is 1. The summed E-state index contributed by atoms with van der Waals surface area (Å²) < 4.78 is 5.63. The molecule has 1 aliphatic carbocycles. The van der Waals surface area contributed by atoms with Crippen molar-refractivity contribution in [2.75, 3.05) is 13.2 Å². The molecule has 0 amide bonds. The molecule has 4 nitrogen and oxygen atoms in total. The topological polar surface area (TPSA) is 58.6 Å². The fourth-order valence-corrected chi connectivity index (χ4v) is 3.40. The van der Waals surface area contributed by atoms with Crippen molar-refractivity contribution in [3.63, 3.8) is 0 Å². The fraction of sp³-hybridized carbons (Fsp3) is 0.350. The zero-order valence-electron chi connectivity index (χ0n) is 13.9. The molecular formula is C20H23NO3. The standard InChI is InChI=1S/C20H23NO3/c1-20(16-7-3-2-4-8-16)13-17(14-20)21-10-11-24-18-9-5-6-15(12-18)19(22)23/h2-9,12,17,21H,10-11,13-14H2,1H3,(H,22,23). The Labute approximate surface area is 142 Å². The largest absolute Gasteiger partial charge is 0.492 e. The molecule has 126 valence electrons. The molecule has 1 aliphatic rings. The first-order valence-electron chi connectivity index (χ1n) is 8.32. The van der Waals surface area contributed by atoms with E-state index in [0.29, 0.717) is 18.4 Å². The number of benzene rings is 2. The minimum atomic E-state index is -0.937. The van der Waals surface area contributed by atoms with Gasteiger partial charge in [-0.1, -0.05) is 43.3 Å². The van der Waals surface area contributed by atoms with E-state index in [0.717, 1.165) is 19.4 Å². The number of hydrogen-bond acceptors (Lipinski definition) is 3. The second kappa shape index (κ2) is 7.05. The Bertz CT molecular complexity index is 693. The van der Waals surface area contributed by atoms with E-state index >= 15 is 0 Å². The first-order chi connectivity index (χ1) is 11.6. The maximum Gasteiger partial charge on any atom is 0.335 e. The summed E-state index contributed by atoms with van der Waals surface area (Å²) in [6, 6.07) is 17.8. The van der Waals surface area contributed by atoms with Crippen LogP contribution in [-0.4, -0.2) is 30.3 Å². The first-order valence-corrected chi connectivity index (χ1v) is 8.32. The highest BCUT2D eigenvalue weighted by molar-refractivity contribution is 5.87. The Hall–Kier alpha value is -2.33. The predicted molar refractivity (Wildman–Crippen MR) is 93.7 cm³/mol. The van der Waals surface area contributed by atoms with Crippen LogP contribution in [0.3, 0.4) is 0 Å². The van der Waals surface area contributed by atoms with Crippen molar-refractivity contribution < 1.29 is 14.6 Å². The number of hydrogen-bond donors (Lipinski definition) is 2. The quantitative estimate of drug-likeness (QED) is 0.765. The van der Waals surface area contributed by atoms with Crippen LogP contribution in [0, 0.1) is 0 Å². The van der Waals surface area contributed by atoms with Crippen LogP contribution in [0.25, 0.3) is 0 Å². The van der Waals surface area contributed by atoms with Crippen molar-refractivity contribution >= 4 is 5.97 Å². The zero-order chi connectivity index (χ0) is 17.0. The van der Waals surface area contributed by atoms with Gasteiger partial charge in [-0.2, -0.15) is 0 Å². The molecule has 2 N–H and O–H groups in total. The molecule has 3 rings (SSSR count). The smallest absolute Gasteiger partial charge is 0.335 e. The van der Waals surface area contributed by atoms with Crippen LogP contribution in [-0.2, 0) is 5.41 Å². The van der Waals surface area contributed by atoms with Gasteiger partial charge in [-0.3, -0.25) is 0 Å². The van der Waals surface area contributed by atoms with Gasteiger partial charge in [-0.15, -0.1) is 0 Å². The molecule has 0 bridgehead atoms. The molecular weight excluding hydrogens is 302 g/mol. The van der Waals surface area contributed by atoms with E-state index in [4.69, 9.17) is 9.84 Å². The number of carboxylic acids is 1. The molecule has 2 aromatic rings. The maximum atomic E-state index is 10.9. The Morgan fingerprint density at radius 2 is 1.96 bits per heavy atom. The highest BCUT2D eigenvalue weighted by Crippen LogP contribution is 2.43. The third-order valence-electron chi connectivity index (χ3n) is 4.75. The third-order valence-corrected chi connectivity index (χ3v) is 4.75. The number of carboxylic acid groups (broad SMARTS) is 1. The molecule has 0 saturated heterocycles. The lowest BCUT2D eigenvalue weighted by Gasteiger charge is -2.46. The fourth-order valence-electron chi connectivity index (χ4n) is 3.40. The van der Waals surface area contributed by atoms with Gasteiger partial charge in [0.1, 0.15) is 12.4 Å². The number of rotatable bonds is 7. The van der Waals surface area contributed by atoms with E-state index in [1.807, 2.05) is 0 Å². The average Bonchev–Trinajstić information content (AvgIpc) is 2.57. The van der Waals surface area contributed by atoms with E-state index in [2.05, 4.69) is 42.6 Å². The molecule has 2 aromatic carbocycles. The van der Waals surface area contributed by atoms with Gasteiger partial charge in [0.25, 0.3) is 0 Å². The van der Waals surface area contributed by atoms with Gasteiger partial charge < -0.3 is 15.2 Å². The summed E-state index contributed by atoms with van der Waals surface area (Å²) >= 11 is 0.